The van der Waals surface area contributed by atoms with Gasteiger partial charge in [0.2, 0.25) is 5.91 Å². The molecular formula is C27H21Cl2N3O2S. The van der Waals surface area contributed by atoms with Crippen molar-refractivity contribution in [2.75, 3.05) is 10.2 Å². The highest BCUT2D eigenvalue weighted by atomic mass is 35.5. The maximum Gasteiger partial charge on any atom is 0.269 e. The predicted octanol–water partition coefficient (Wildman–Crippen LogP) is 6.68. The summed E-state index contributed by atoms with van der Waals surface area (Å²) in [5, 5.41) is 13.3. The standard InChI is InChI=1S/C27H21Cl2N3O2S/c1-16-8-3-5-12-21(16)31-25(33)19(15-30)27-32(22-13-6-4-9-17(22)2)26(34)23(35-27)14-18-10-7-11-20(28)24(18)29/h3-13,23H,14H2,1-2H3,(H,31,33)/b27-19-. The minimum atomic E-state index is -0.588. The summed E-state index contributed by atoms with van der Waals surface area (Å²) in [4.78, 5) is 28.4. The SMILES string of the molecule is Cc1ccccc1NC(=O)/C(C#N)=C1\SC(Cc2cccc(Cl)c2Cl)C(=O)N1c1ccccc1C. The maximum absolute atomic E-state index is 13.7. The Labute approximate surface area is 218 Å². The minimum Gasteiger partial charge on any atom is -0.321 e. The van der Waals surface area contributed by atoms with E-state index in [4.69, 9.17) is 23.2 Å². The Balaban J connectivity index is 1.77. The van der Waals surface area contributed by atoms with Crippen LogP contribution in [0.2, 0.25) is 10.0 Å². The van der Waals surface area contributed by atoms with Crippen molar-refractivity contribution >= 4 is 58.2 Å². The number of nitriles is 1. The first-order valence-electron chi connectivity index (χ1n) is 10.8. The Morgan fingerprint density at radius 2 is 1.71 bits per heavy atom. The zero-order valence-corrected chi connectivity index (χ0v) is 21.3. The highest BCUT2D eigenvalue weighted by molar-refractivity contribution is 8.05. The quantitative estimate of drug-likeness (QED) is 0.300. The van der Waals surface area contributed by atoms with Crippen molar-refractivity contribution in [2.45, 2.75) is 25.5 Å². The topological polar surface area (TPSA) is 73.2 Å². The number of hydrogen-bond donors (Lipinski definition) is 1. The summed E-state index contributed by atoms with van der Waals surface area (Å²) in [7, 11) is 0. The number of nitrogens with zero attached hydrogens (tertiary/aromatic N) is 2. The van der Waals surface area contributed by atoms with Gasteiger partial charge in [0.1, 0.15) is 16.7 Å². The molecule has 0 bridgehead atoms. The van der Waals surface area contributed by atoms with E-state index in [9.17, 15) is 14.9 Å². The van der Waals surface area contributed by atoms with Gasteiger partial charge in [0.15, 0.2) is 0 Å². The van der Waals surface area contributed by atoms with Crippen molar-refractivity contribution in [1.29, 1.82) is 5.26 Å². The predicted molar refractivity (Wildman–Crippen MR) is 143 cm³/mol. The van der Waals surface area contributed by atoms with Gasteiger partial charge in [-0.2, -0.15) is 5.26 Å². The van der Waals surface area contributed by atoms with E-state index in [1.807, 2.05) is 56.3 Å². The lowest BCUT2D eigenvalue weighted by Gasteiger charge is -2.21. The number of para-hydroxylation sites is 2. The van der Waals surface area contributed by atoms with Crippen LogP contribution in [0.5, 0.6) is 0 Å². The molecule has 1 aliphatic heterocycles. The van der Waals surface area contributed by atoms with Crippen molar-refractivity contribution in [3.63, 3.8) is 0 Å². The van der Waals surface area contributed by atoms with Gasteiger partial charge in [-0.1, -0.05) is 83.5 Å². The number of benzene rings is 3. The van der Waals surface area contributed by atoms with Crippen molar-refractivity contribution in [3.8, 4) is 6.07 Å². The van der Waals surface area contributed by atoms with Crippen molar-refractivity contribution in [2.24, 2.45) is 0 Å². The second-order valence-electron chi connectivity index (χ2n) is 8.04. The maximum atomic E-state index is 13.7. The molecule has 1 unspecified atom stereocenters. The Hall–Kier alpha value is -3.24. The van der Waals surface area contributed by atoms with Gasteiger partial charge in [-0.25, -0.2) is 0 Å². The molecule has 8 heteroatoms. The number of aryl methyl sites for hydroxylation is 2. The lowest BCUT2D eigenvalue weighted by atomic mass is 10.1. The van der Waals surface area contributed by atoms with Crippen molar-refractivity contribution in [3.05, 3.63) is 104 Å². The summed E-state index contributed by atoms with van der Waals surface area (Å²) in [6.07, 6.45) is 0.299. The van der Waals surface area contributed by atoms with E-state index in [-0.39, 0.29) is 11.5 Å². The molecule has 1 saturated heterocycles. The first-order chi connectivity index (χ1) is 16.8. The van der Waals surface area contributed by atoms with Gasteiger partial charge in [0.25, 0.3) is 5.91 Å². The molecule has 2 amide bonds. The molecule has 4 rings (SSSR count). The molecule has 1 fully saturated rings. The van der Waals surface area contributed by atoms with Crippen LogP contribution in [0.25, 0.3) is 0 Å². The molecule has 1 N–H and O–H groups in total. The number of carbonyl (C=O) groups excluding carboxylic acids is 2. The van der Waals surface area contributed by atoms with E-state index in [0.717, 1.165) is 16.7 Å². The Morgan fingerprint density at radius 3 is 2.40 bits per heavy atom. The van der Waals surface area contributed by atoms with Crippen molar-refractivity contribution < 1.29 is 9.59 Å². The summed E-state index contributed by atoms with van der Waals surface area (Å²) in [5.41, 5.74) is 3.52. The Bertz CT molecular complexity index is 1400. The molecule has 176 valence electrons. The summed E-state index contributed by atoms with van der Waals surface area (Å²) in [5.74, 6) is -0.802. The van der Waals surface area contributed by atoms with E-state index in [1.54, 1.807) is 30.3 Å². The van der Waals surface area contributed by atoms with Crippen LogP contribution in [0, 0.1) is 25.2 Å². The number of carbonyl (C=O) groups is 2. The van der Waals surface area contributed by atoms with Crippen molar-refractivity contribution in [1.82, 2.24) is 0 Å². The van der Waals surface area contributed by atoms with E-state index in [0.29, 0.717) is 32.9 Å². The normalized spacial score (nSPS) is 16.7. The minimum absolute atomic E-state index is 0.130. The van der Waals surface area contributed by atoms with Gasteiger partial charge >= 0.3 is 0 Å². The van der Waals surface area contributed by atoms with E-state index >= 15 is 0 Å². The smallest absolute Gasteiger partial charge is 0.269 e. The lowest BCUT2D eigenvalue weighted by molar-refractivity contribution is -0.117. The molecule has 5 nitrogen and oxygen atoms in total. The van der Waals surface area contributed by atoms with E-state index < -0.39 is 11.2 Å². The van der Waals surface area contributed by atoms with E-state index in [2.05, 4.69) is 5.32 Å². The fourth-order valence-corrected chi connectivity index (χ4v) is 5.51. The third kappa shape index (κ3) is 5.08. The monoisotopic (exact) mass is 521 g/mol. The average molecular weight is 522 g/mol. The van der Waals surface area contributed by atoms with Gasteiger partial charge in [0.05, 0.1) is 21.0 Å². The number of halogens is 2. The second kappa shape index (κ2) is 10.6. The molecule has 3 aromatic carbocycles. The first-order valence-corrected chi connectivity index (χ1v) is 12.5. The summed E-state index contributed by atoms with van der Waals surface area (Å²) >= 11 is 13.7. The van der Waals surface area contributed by atoms with Gasteiger partial charge in [0, 0.05) is 5.69 Å². The Kier molecular flexibility index (Phi) is 7.51. The zero-order chi connectivity index (χ0) is 25.1. The fourth-order valence-electron chi connectivity index (χ4n) is 3.82. The van der Waals surface area contributed by atoms with Crippen LogP contribution >= 0.6 is 35.0 Å². The number of amides is 2. The average Bonchev–Trinajstić information content (AvgIpc) is 3.14. The van der Waals surface area contributed by atoms with Crippen LogP contribution in [-0.2, 0) is 16.0 Å². The van der Waals surface area contributed by atoms with Crippen LogP contribution < -0.4 is 10.2 Å². The van der Waals surface area contributed by atoms with Gasteiger partial charge in [-0.15, -0.1) is 0 Å². The number of rotatable bonds is 5. The molecule has 0 aliphatic carbocycles. The number of hydrogen-bond acceptors (Lipinski definition) is 4. The summed E-state index contributed by atoms with van der Waals surface area (Å²) < 4.78 is 0. The molecule has 1 aliphatic rings. The molecule has 35 heavy (non-hydrogen) atoms. The summed E-state index contributed by atoms with van der Waals surface area (Å²) in [6.45, 7) is 3.75. The molecular weight excluding hydrogens is 501 g/mol. The van der Waals surface area contributed by atoms with Gasteiger partial charge < -0.3 is 5.32 Å². The molecule has 0 saturated carbocycles. The zero-order valence-electron chi connectivity index (χ0n) is 19.0. The van der Waals surface area contributed by atoms with Crippen LogP contribution in [0.1, 0.15) is 16.7 Å². The number of nitrogens with one attached hydrogen (secondary N) is 1. The lowest BCUT2D eigenvalue weighted by Crippen LogP contribution is -2.31. The van der Waals surface area contributed by atoms with Crippen LogP contribution in [0.4, 0.5) is 11.4 Å². The first kappa shape index (κ1) is 24.9. The molecule has 0 radical (unpaired) electrons. The highest BCUT2D eigenvalue weighted by Crippen LogP contribution is 2.43. The molecule has 1 heterocycles. The molecule has 3 aromatic rings. The second-order valence-corrected chi connectivity index (χ2v) is 10.0. The van der Waals surface area contributed by atoms with Crippen LogP contribution in [0.3, 0.4) is 0 Å². The van der Waals surface area contributed by atoms with Crippen LogP contribution in [-0.4, -0.2) is 17.1 Å². The fraction of sp³-hybridized carbons (Fsp3) is 0.148. The Morgan fingerprint density at radius 1 is 1.03 bits per heavy atom. The molecule has 0 aromatic heterocycles. The third-order valence-corrected chi connectivity index (χ3v) is 7.81. The van der Waals surface area contributed by atoms with Gasteiger partial charge in [-0.3, -0.25) is 14.5 Å². The highest BCUT2D eigenvalue weighted by Gasteiger charge is 2.41. The van der Waals surface area contributed by atoms with E-state index in [1.165, 1.54) is 16.7 Å². The third-order valence-electron chi connectivity index (χ3n) is 5.69. The number of thioether (sulfide) groups is 1. The van der Waals surface area contributed by atoms with Gasteiger partial charge in [-0.05, 0) is 55.2 Å². The largest absolute Gasteiger partial charge is 0.321 e. The number of anilines is 2. The van der Waals surface area contributed by atoms with Crippen LogP contribution in [0.15, 0.2) is 77.3 Å². The molecule has 0 spiro atoms. The molecule has 1 atom stereocenters. The summed E-state index contributed by atoms with van der Waals surface area (Å²) in [6, 6.07) is 22.0.